The van der Waals surface area contributed by atoms with Gasteiger partial charge in [-0.2, -0.15) is 22.7 Å². The van der Waals surface area contributed by atoms with Crippen LogP contribution in [0.3, 0.4) is 0 Å². The van der Waals surface area contributed by atoms with E-state index in [0.29, 0.717) is 63.2 Å². The molecule has 1 saturated carbocycles. The summed E-state index contributed by atoms with van der Waals surface area (Å²) < 4.78 is 68.0. The van der Waals surface area contributed by atoms with Crippen molar-refractivity contribution >= 4 is 15.9 Å². The molecule has 0 unspecified atom stereocenters. The smallest absolute Gasteiger partial charge is 0.342 e. The van der Waals surface area contributed by atoms with Crippen LogP contribution < -0.4 is 0 Å². The van der Waals surface area contributed by atoms with Crippen LogP contribution in [0.25, 0.3) is 0 Å². The van der Waals surface area contributed by atoms with Crippen LogP contribution >= 0.6 is 0 Å². The van der Waals surface area contributed by atoms with Crippen LogP contribution in [0.15, 0.2) is 53.4 Å². The van der Waals surface area contributed by atoms with Crippen LogP contribution in [0.1, 0.15) is 55.7 Å². The second-order valence-corrected chi connectivity index (χ2v) is 11.6. The van der Waals surface area contributed by atoms with Gasteiger partial charge in [0, 0.05) is 31.1 Å². The minimum atomic E-state index is -4.63. The van der Waals surface area contributed by atoms with Crippen molar-refractivity contribution in [2.75, 3.05) is 13.1 Å². The zero-order valence-corrected chi connectivity index (χ0v) is 21.4. The molecule has 10 heteroatoms. The Kier molecular flexibility index (Phi) is 7.95. The van der Waals surface area contributed by atoms with E-state index in [0.717, 1.165) is 17.7 Å². The summed E-state index contributed by atoms with van der Waals surface area (Å²) in [6.45, 7) is 2.75. The lowest BCUT2D eigenvalue weighted by atomic mass is 9.93. The lowest BCUT2D eigenvalue weighted by Gasteiger charge is -2.39. The third-order valence-corrected chi connectivity index (χ3v) is 9.19. The quantitative estimate of drug-likeness (QED) is 0.479. The number of halogens is 3. The van der Waals surface area contributed by atoms with Crippen molar-refractivity contribution in [1.82, 2.24) is 9.21 Å². The molecule has 0 spiro atoms. The molecule has 1 aliphatic heterocycles. The second kappa shape index (κ2) is 10.8. The summed E-state index contributed by atoms with van der Waals surface area (Å²) in [4.78, 5) is 14.7. The van der Waals surface area contributed by atoms with E-state index in [1.807, 2.05) is 19.1 Å². The van der Waals surface area contributed by atoms with Crippen LogP contribution in [0.4, 0.5) is 13.2 Å². The van der Waals surface area contributed by atoms with Gasteiger partial charge in [-0.15, -0.1) is 0 Å². The molecule has 0 radical (unpaired) electrons. The monoisotopic (exact) mass is 533 g/mol. The number of hydrogen-bond donors (Lipinski definition) is 0. The Balaban J connectivity index is 1.44. The minimum absolute atomic E-state index is 0.0176. The lowest BCUT2D eigenvalue weighted by Crippen LogP contribution is -2.50. The predicted octanol–water partition coefficient (Wildman–Crippen LogP) is 4.99. The molecule has 198 valence electrons. The summed E-state index contributed by atoms with van der Waals surface area (Å²) in [5, 5.41) is 8.98. The van der Waals surface area contributed by atoms with Crippen molar-refractivity contribution < 1.29 is 26.4 Å². The molecule has 37 heavy (non-hydrogen) atoms. The molecular formula is C27H30F3N3O3S. The highest BCUT2D eigenvalue weighted by molar-refractivity contribution is 7.89. The summed E-state index contributed by atoms with van der Waals surface area (Å²) >= 11 is 0. The minimum Gasteiger partial charge on any atom is -0.342 e. The number of carbonyl (C=O) groups excluding carboxylic acids is 1. The van der Waals surface area contributed by atoms with Gasteiger partial charge in [0.2, 0.25) is 15.9 Å². The number of piperidine rings is 1. The molecule has 1 amide bonds. The van der Waals surface area contributed by atoms with E-state index in [4.69, 9.17) is 5.26 Å². The van der Waals surface area contributed by atoms with E-state index in [1.165, 1.54) is 10.4 Å². The average molecular weight is 534 g/mol. The molecule has 2 aromatic rings. The lowest BCUT2D eigenvalue weighted by molar-refractivity contribution is -0.138. The van der Waals surface area contributed by atoms with E-state index >= 15 is 0 Å². The molecular weight excluding hydrogens is 503 g/mol. The summed E-state index contributed by atoms with van der Waals surface area (Å²) in [5.41, 5.74) is 0.546. The average Bonchev–Trinajstić information content (AvgIpc) is 3.72. The third-order valence-electron chi connectivity index (χ3n) is 7.19. The Morgan fingerprint density at radius 3 is 2.24 bits per heavy atom. The maximum atomic E-state index is 13.5. The zero-order chi connectivity index (χ0) is 26.8. The molecule has 1 saturated heterocycles. The number of sulfonamides is 1. The van der Waals surface area contributed by atoms with Crippen molar-refractivity contribution in [2.24, 2.45) is 5.92 Å². The van der Waals surface area contributed by atoms with Crippen LogP contribution in [-0.4, -0.2) is 48.7 Å². The Morgan fingerprint density at radius 2 is 1.70 bits per heavy atom. The van der Waals surface area contributed by atoms with Crippen LogP contribution in [0, 0.1) is 17.2 Å². The van der Waals surface area contributed by atoms with Crippen LogP contribution in [0.5, 0.6) is 0 Å². The maximum absolute atomic E-state index is 13.5. The Morgan fingerprint density at radius 1 is 1.08 bits per heavy atom. The number of amides is 1. The highest BCUT2D eigenvalue weighted by atomic mass is 32.2. The van der Waals surface area contributed by atoms with Gasteiger partial charge in [-0.25, -0.2) is 8.42 Å². The number of carbonyl (C=O) groups is 1. The Bertz CT molecular complexity index is 1260. The van der Waals surface area contributed by atoms with E-state index in [1.54, 1.807) is 17.0 Å². The first-order valence-corrected chi connectivity index (χ1v) is 14.0. The highest BCUT2D eigenvalue weighted by Crippen LogP contribution is 2.38. The number of likely N-dealkylation sites (tertiary alicyclic amines) is 1. The van der Waals surface area contributed by atoms with Gasteiger partial charge in [0.1, 0.15) is 0 Å². The predicted molar refractivity (Wildman–Crippen MR) is 132 cm³/mol. The molecule has 2 aliphatic rings. The molecule has 1 heterocycles. The number of nitrogens with zero attached hydrogens (tertiary/aromatic N) is 3. The number of alkyl halides is 3. The molecule has 2 fully saturated rings. The molecule has 1 atom stereocenters. The SMILES string of the molecule is CC[C@@H](Cc1ccc(C#N)cc1)C(=O)N1CCC(N(C2CC2)S(=O)(=O)c2cccc(C(F)(F)F)c2)CC1. The van der Waals surface area contributed by atoms with E-state index in [2.05, 4.69) is 6.07 Å². The van der Waals surface area contributed by atoms with Gasteiger partial charge in [-0.1, -0.05) is 25.1 Å². The van der Waals surface area contributed by atoms with Gasteiger partial charge in [0.15, 0.2) is 0 Å². The molecule has 1 aliphatic carbocycles. The van der Waals surface area contributed by atoms with Crippen LogP contribution in [-0.2, 0) is 27.4 Å². The first-order valence-electron chi connectivity index (χ1n) is 12.5. The first kappa shape index (κ1) is 27.1. The summed E-state index contributed by atoms with van der Waals surface area (Å²) in [7, 11) is -4.12. The van der Waals surface area contributed by atoms with Crippen molar-refractivity contribution in [1.29, 1.82) is 5.26 Å². The standard InChI is InChI=1S/C27H30F3N3O3S/c1-2-21(16-19-6-8-20(18-31)9-7-19)26(34)32-14-12-24(13-15-32)33(23-10-11-23)37(35,36)25-5-3-4-22(17-25)27(28,29)30/h3-9,17,21,23-24H,2,10-16H2,1H3/t21-/m0/s1. The first-order chi connectivity index (χ1) is 17.5. The van der Waals surface area contributed by atoms with Gasteiger partial charge in [-0.3, -0.25) is 4.79 Å². The molecule has 0 aromatic heterocycles. The maximum Gasteiger partial charge on any atom is 0.416 e. The van der Waals surface area contributed by atoms with Crippen molar-refractivity contribution in [3.63, 3.8) is 0 Å². The van der Waals surface area contributed by atoms with Crippen molar-refractivity contribution in [2.45, 2.75) is 68.6 Å². The van der Waals surface area contributed by atoms with Gasteiger partial charge >= 0.3 is 6.18 Å². The second-order valence-electron chi connectivity index (χ2n) is 9.77. The Hall–Kier alpha value is -2.90. The molecule has 0 N–H and O–H groups in total. The van der Waals surface area contributed by atoms with Gasteiger partial charge < -0.3 is 4.90 Å². The largest absolute Gasteiger partial charge is 0.416 e. The number of rotatable bonds is 8. The zero-order valence-electron chi connectivity index (χ0n) is 20.6. The molecule has 4 rings (SSSR count). The molecule has 0 bridgehead atoms. The van der Waals surface area contributed by atoms with Gasteiger partial charge in [0.05, 0.1) is 22.1 Å². The fourth-order valence-corrected chi connectivity index (χ4v) is 6.96. The number of nitriles is 1. The summed E-state index contributed by atoms with van der Waals surface area (Å²) in [6.07, 6.45) is -1.19. The Labute approximate surface area is 215 Å². The highest BCUT2D eigenvalue weighted by Gasteiger charge is 2.44. The summed E-state index contributed by atoms with van der Waals surface area (Å²) in [5.74, 6) is -0.207. The topological polar surface area (TPSA) is 81.5 Å². The van der Waals surface area contributed by atoms with Crippen molar-refractivity contribution in [3.8, 4) is 6.07 Å². The van der Waals surface area contributed by atoms with Gasteiger partial charge in [-0.05, 0) is 74.4 Å². The normalized spacial score (nSPS) is 18.0. The van der Waals surface area contributed by atoms with E-state index in [-0.39, 0.29) is 28.8 Å². The van der Waals surface area contributed by atoms with Gasteiger partial charge in [0.25, 0.3) is 0 Å². The fraction of sp³-hybridized carbons (Fsp3) is 0.481. The number of benzene rings is 2. The van der Waals surface area contributed by atoms with E-state index < -0.39 is 21.8 Å². The number of hydrogen-bond acceptors (Lipinski definition) is 4. The van der Waals surface area contributed by atoms with Crippen LogP contribution in [0.2, 0.25) is 0 Å². The van der Waals surface area contributed by atoms with E-state index in [9.17, 15) is 26.4 Å². The third kappa shape index (κ3) is 6.16. The summed E-state index contributed by atoms with van der Waals surface area (Å²) in [6, 6.07) is 12.6. The fourth-order valence-electron chi connectivity index (χ4n) is 4.98. The molecule has 6 nitrogen and oxygen atoms in total. The molecule has 2 aromatic carbocycles. The van der Waals surface area contributed by atoms with Crippen molar-refractivity contribution in [3.05, 3.63) is 65.2 Å².